The Kier molecular flexibility index (Phi) is 9.55. The molecule has 2 aliphatic rings. The summed E-state index contributed by atoms with van der Waals surface area (Å²) < 4.78 is 17.1. The second-order valence-corrected chi connectivity index (χ2v) is 9.86. The second kappa shape index (κ2) is 13.5. The lowest BCUT2D eigenvalue weighted by molar-refractivity contribution is -0.124. The molecule has 5 rings (SSSR count). The molecule has 3 aromatic rings. The number of carbonyl (C=O) groups excluding carboxylic acids is 2. The first-order chi connectivity index (χ1) is 18.9. The fourth-order valence-corrected chi connectivity index (χ4v) is 4.43. The average molecular weight is 534 g/mol. The molecule has 1 unspecified atom stereocenters. The quantitative estimate of drug-likeness (QED) is 0.432. The first-order valence-corrected chi connectivity index (χ1v) is 13.1. The molecular weight excluding hydrogens is 498 g/mol. The van der Waals surface area contributed by atoms with Crippen molar-refractivity contribution >= 4 is 34.7 Å². The smallest absolute Gasteiger partial charge is 0.220 e. The molecule has 3 N–H and O–H groups in total. The summed E-state index contributed by atoms with van der Waals surface area (Å²) in [6.45, 7) is 4.71. The minimum Gasteiger partial charge on any atom is -0.493 e. The summed E-state index contributed by atoms with van der Waals surface area (Å²) in [5.41, 5.74) is 1.56. The molecule has 39 heavy (non-hydrogen) atoms. The number of hydrogen-bond donors (Lipinski definition) is 3. The molecule has 2 aliphatic heterocycles. The third kappa shape index (κ3) is 8.59. The van der Waals surface area contributed by atoms with E-state index in [4.69, 9.17) is 14.2 Å². The highest BCUT2D eigenvalue weighted by atomic mass is 16.5. The second-order valence-electron chi connectivity index (χ2n) is 9.86. The van der Waals surface area contributed by atoms with Crippen LogP contribution < -0.4 is 30.2 Å². The van der Waals surface area contributed by atoms with E-state index in [1.807, 2.05) is 24.3 Å². The SMILES string of the molecule is COc1ccc2cc1OCCNC(=O)CC(CC(C)C)CC(=O)COc1ccc(cc1)Nc1cc(ncn1)N2. The minimum absolute atomic E-state index is 0.0367. The van der Waals surface area contributed by atoms with Gasteiger partial charge in [0.1, 0.15) is 36.9 Å². The van der Waals surface area contributed by atoms with Gasteiger partial charge in [0.2, 0.25) is 5.91 Å². The van der Waals surface area contributed by atoms with Crippen molar-refractivity contribution in [2.45, 2.75) is 33.1 Å². The minimum atomic E-state index is -0.110. The van der Waals surface area contributed by atoms with Gasteiger partial charge in [0, 0.05) is 36.3 Å². The van der Waals surface area contributed by atoms with E-state index >= 15 is 0 Å². The van der Waals surface area contributed by atoms with E-state index in [0.717, 1.165) is 17.8 Å². The molecule has 2 aromatic carbocycles. The summed E-state index contributed by atoms with van der Waals surface area (Å²) in [6, 6.07) is 14.6. The fraction of sp³-hybridized carbons (Fsp3) is 0.379. The van der Waals surface area contributed by atoms with Crippen LogP contribution in [0.3, 0.4) is 0 Å². The molecule has 1 amide bonds. The van der Waals surface area contributed by atoms with Crippen molar-refractivity contribution in [1.29, 1.82) is 0 Å². The molecule has 0 aliphatic carbocycles. The highest BCUT2D eigenvalue weighted by Crippen LogP contribution is 2.31. The van der Waals surface area contributed by atoms with E-state index in [1.54, 1.807) is 31.4 Å². The Morgan fingerprint density at radius 2 is 1.67 bits per heavy atom. The number of ether oxygens (including phenoxy) is 3. The van der Waals surface area contributed by atoms with Gasteiger partial charge in [-0.1, -0.05) is 13.8 Å². The maximum atomic E-state index is 12.7. The molecule has 0 saturated heterocycles. The lowest BCUT2D eigenvalue weighted by Gasteiger charge is -2.18. The number of methoxy groups -OCH3 is 1. The molecule has 1 atom stereocenters. The number of benzene rings is 2. The molecule has 6 bridgehead atoms. The third-order valence-corrected chi connectivity index (χ3v) is 6.11. The van der Waals surface area contributed by atoms with Gasteiger partial charge in [0.05, 0.1) is 13.7 Å². The molecule has 0 fully saturated rings. The maximum absolute atomic E-state index is 12.7. The molecular formula is C29H35N5O5. The molecule has 206 valence electrons. The molecule has 0 saturated carbocycles. The van der Waals surface area contributed by atoms with E-state index in [0.29, 0.717) is 41.3 Å². The van der Waals surface area contributed by atoms with Gasteiger partial charge in [0.15, 0.2) is 17.3 Å². The zero-order valence-electron chi connectivity index (χ0n) is 22.5. The van der Waals surface area contributed by atoms with Gasteiger partial charge in [-0.3, -0.25) is 9.59 Å². The zero-order valence-corrected chi connectivity index (χ0v) is 22.5. The number of nitrogens with one attached hydrogen (secondary N) is 3. The number of anilines is 4. The zero-order chi connectivity index (χ0) is 27.6. The predicted molar refractivity (Wildman–Crippen MR) is 149 cm³/mol. The first kappa shape index (κ1) is 27.7. The number of amides is 1. The summed E-state index contributed by atoms with van der Waals surface area (Å²) in [4.78, 5) is 34.0. The van der Waals surface area contributed by atoms with Crippen LogP contribution in [0, 0.1) is 11.8 Å². The molecule has 0 radical (unpaired) electrons. The number of hydrogen-bond acceptors (Lipinski definition) is 9. The van der Waals surface area contributed by atoms with E-state index in [9.17, 15) is 9.59 Å². The van der Waals surface area contributed by atoms with Gasteiger partial charge in [-0.05, 0) is 54.7 Å². The Balaban J connectivity index is 1.55. The van der Waals surface area contributed by atoms with Crippen molar-refractivity contribution in [3.05, 3.63) is 54.9 Å². The van der Waals surface area contributed by atoms with E-state index in [-0.39, 0.29) is 43.7 Å². The van der Waals surface area contributed by atoms with Crippen LogP contribution in [0.15, 0.2) is 54.9 Å². The van der Waals surface area contributed by atoms with Crippen LogP contribution in [0.4, 0.5) is 23.0 Å². The molecule has 0 spiro atoms. The molecule has 10 nitrogen and oxygen atoms in total. The van der Waals surface area contributed by atoms with Crippen LogP contribution in [0.1, 0.15) is 33.1 Å². The topological polar surface area (TPSA) is 124 Å². The summed E-state index contributed by atoms with van der Waals surface area (Å²) in [6.07, 6.45) is 2.79. The summed E-state index contributed by atoms with van der Waals surface area (Å²) in [7, 11) is 1.57. The normalized spacial score (nSPS) is 16.8. The van der Waals surface area contributed by atoms with Gasteiger partial charge >= 0.3 is 0 Å². The van der Waals surface area contributed by atoms with Gasteiger partial charge in [-0.15, -0.1) is 0 Å². The Morgan fingerprint density at radius 1 is 0.949 bits per heavy atom. The Bertz CT molecular complexity index is 1270. The van der Waals surface area contributed by atoms with Crippen molar-refractivity contribution in [1.82, 2.24) is 15.3 Å². The number of aromatic nitrogens is 2. The van der Waals surface area contributed by atoms with Crippen molar-refractivity contribution < 1.29 is 23.8 Å². The molecule has 3 heterocycles. The number of rotatable bonds is 3. The standard InChI is InChI=1S/C29H35N5O5/c1-19(2)12-20-13-23(35)17-39-24-7-4-21(5-8-24)33-27-16-28(32-18-31-27)34-22-6-9-25(37-3)26(15-22)38-11-10-30-29(36)14-20/h4-9,15-16,18-20H,10-14,17H2,1-3H3,(H,30,36)(H2,31,32,33,34). The summed E-state index contributed by atoms with van der Waals surface area (Å²) in [5.74, 6) is 3.04. The lowest BCUT2D eigenvalue weighted by Crippen LogP contribution is -2.30. The number of Topliss-reactive ketones (excluding diaryl/α,β-unsaturated/α-hetero) is 1. The van der Waals surface area contributed by atoms with Crippen molar-refractivity contribution in [2.75, 3.05) is 37.5 Å². The Hall–Kier alpha value is -4.34. The highest BCUT2D eigenvalue weighted by Gasteiger charge is 2.20. The van der Waals surface area contributed by atoms with E-state index < -0.39 is 0 Å². The number of fused-ring (bicyclic) bond motifs is 12. The van der Waals surface area contributed by atoms with Gasteiger partial charge < -0.3 is 30.2 Å². The molecule has 1 aromatic heterocycles. The van der Waals surface area contributed by atoms with E-state index in [1.165, 1.54) is 6.33 Å². The lowest BCUT2D eigenvalue weighted by atomic mass is 9.89. The van der Waals surface area contributed by atoms with Crippen LogP contribution in [0.2, 0.25) is 0 Å². The molecule has 10 heteroatoms. The number of nitrogens with zero attached hydrogens (tertiary/aromatic N) is 2. The van der Waals surface area contributed by atoms with Crippen molar-refractivity contribution in [3.63, 3.8) is 0 Å². The number of ketones is 1. The van der Waals surface area contributed by atoms with Crippen LogP contribution in [-0.2, 0) is 9.59 Å². The van der Waals surface area contributed by atoms with Gasteiger partial charge in [-0.2, -0.15) is 0 Å². The Morgan fingerprint density at radius 3 is 2.38 bits per heavy atom. The fourth-order valence-electron chi connectivity index (χ4n) is 4.43. The maximum Gasteiger partial charge on any atom is 0.220 e. The summed E-state index contributed by atoms with van der Waals surface area (Å²) >= 11 is 0. The Labute approximate surface area is 228 Å². The first-order valence-electron chi connectivity index (χ1n) is 13.1. The van der Waals surface area contributed by atoms with Gasteiger partial charge in [0.25, 0.3) is 0 Å². The third-order valence-electron chi connectivity index (χ3n) is 6.11. The summed E-state index contributed by atoms with van der Waals surface area (Å²) in [5, 5.41) is 9.41. The van der Waals surface area contributed by atoms with Crippen LogP contribution in [0.5, 0.6) is 17.2 Å². The number of carbonyl (C=O) groups is 2. The predicted octanol–water partition coefficient (Wildman–Crippen LogP) is 4.87. The van der Waals surface area contributed by atoms with E-state index in [2.05, 4.69) is 39.8 Å². The average Bonchev–Trinajstić information content (AvgIpc) is 2.90. The van der Waals surface area contributed by atoms with Crippen LogP contribution in [-0.4, -0.2) is 48.5 Å². The van der Waals surface area contributed by atoms with Crippen molar-refractivity contribution in [3.8, 4) is 17.2 Å². The van der Waals surface area contributed by atoms with Crippen LogP contribution in [0.25, 0.3) is 0 Å². The monoisotopic (exact) mass is 533 g/mol. The highest BCUT2D eigenvalue weighted by molar-refractivity contribution is 5.82. The largest absolute Gasteiger partial charge is 0.493 e. The van der Waals surface area contributed by atoms with Crippen LogP contribution >= 0.6 is 0 Å². The van der Waals surface area contributed by atoms with Crippen molar-refractivity contribution in [2.24, 2.45) is 11.8 Å². The van der Waals surface area contributed by atoms with Gasteiger partial charge in [-0.25, -0.2) is 9.97 Å².